The molecule has 250 valence electrons. The van der Waals surface area contributed by atoms with Gasteiger partial charge in [0.05, 0.1) is 0 Å². The molecule has 0 fully saturated rings. The quantitative estimate of drug-likeness (QED) is 0.243. The number of fused-ring (bicyclic) bond motifs is 3. The van der Waals surface area contributed by atoms with Crippen LogP contribution in [-0.2, 0) is 19.3 Å². The number of hydrogen-bond donors (Lipinski definition) is 0. The number of aryl methyl sites for hydroxylation is 1. The average Bonchev–Trinajstić information content (AvgIpc) is 2.97. The summed E-state index contributed by atoms with van der Waals surface area (Å²) in [6, 6.07) is 13.5. The second-order valence-electron chi connectivity index (χ2n) is 17.1. The summed E-state index contributed by atoms with van der Waals surface area (Å²) in [7, 11) is 0. The Morgan fingerprint density at radius 1 is 0.915 bits per heavy atom. The summed E-state index contributed by atoms with van der Waals surface area (Å²) in [5.74, 6) is 1.49. The van der Waals surface area contributed by atoms with Crippen LogP contribution in [-0.4, -0.2) is 0 Å². The van der Waals surface area contributed by atoms with Crippen molar-refractivity contribution in [1.29, 1.82) is 0 Å². The van der Waals surface area contributed by atoms with E-state index in [1.54, 1.807) is 5.56 Å². The highest BCUT2D eigenvalue weighted by Gasteiger charge is 2.59. The third-order valence-corrected chi connectivity index (χ3v) is 13.1. The Bertz CT molecular complexity index is 1710. The van der Waals surface area contributed by atoms with Gasteiger partial charge in [-0.25, -0.2) is 0 Å². The molecule has 0 saturated heterocycles. The van der Waals surface area contributed by atoms with Crippen molar-refractivity contribution in [1.82, 2.24) is 0 Å². The molecule has 2 aromatic rings. The molecule has 0 spiro atoms. The summed E-state index contributed by atoms with van der Waals surface area (Å²) >= 11 is 0. The first-order chi connectivity index (χ1) is 21.9. The zero-order valence-electron chi connectivity index (χ0n) is 31.8. The molecule has 0 heterocycles. The monoisotopic (exact) mass is 626 g/mol. The smallest absolute Gasteiger partial charge is 0.0194 e. The minimum atomic E-state index is -0.134. The predicted molar refractivity (Wildman–Crippen MR) is 207 cm³/mol. The number of rotatable bonds is 9. The first kappa shape index (κ1) is 35.2. The normalized spacial score (nSPS) is 26.4. The molecule has 0 aliphatic heterocycles. The molecule has 0 amide bonds. The van der Waals surface area contributed by atoms with E-state index in [0.717, 1.165) is 44.1 Å². The Balaban J connectivity index is 1.57. The van der Waals surface area contributed by atoms with Crippen LogP contribution >= 0.6 is 0 Å². The minimum Gasteiger partial charge on any atom is -0.0995 e. The Labute approximate surface area is 288 Å². The van der Waals surface area contributed by atoms with E-state index in [4.69, 9.17) is 19.7 Å². The van der Waals surface area contributed by atoms with Crippen molar-refractivity contribution in [3.8, 4) is 0 Å². The molecule has 0 bridgehead atoms. The first-order valence-electron chi connectivity index (χ1n) is 18.2. The van der Waals surface area contributed by atoms with Gasteiger partial charge < -0.3 is 0 Å². The number of benzene rings is 2. The van der Waals surface area contributed by atoms with Crippen molar-refractivity contribution in [3.05, 3.63) is 135 Å². The molecular formula is C47H62. The molecule has 0 saturated carbocycles. The summed E-state index contributed by atoms with van der Waals surface area (Å²) in [5.41, 5.74) is 19.5. The number of hydrogen-bond acceptors (Lipinski definition) is 0. The van der Waals surface area contributed by atoms with E-state index in [2.05, 4.69) is 119 Å². The highest BCUT2D eigenvalue weighted by atomic mass is 14.6. The van der Waals surface area contributed by atoms with Gasteiger partial charge in [0.15, 0.2) is 0 Å². The van der Waals surface area contributed by atoms with Gasteiger partial charge in [0.25, 0.3) is 0 Å². The molecule has 3 aliphatic rings. The first-order valence-corrected chi connectivity index (χ1v) is 18.2. The van der Waals surface area contributed by atoms with E-state index < -0.39 is 0 Å². The van der Waals surface area contributed by atoms with Gasteiger partial charge in [-0.15, -0.1) is 0 Å². The summed E-state index contributed by atoms with van der Waals surface area (Å²) in [4.78, 5) is 0. The van der Waals surface area contributed by atoms with Crippen LogP contribution in [0.2, 0.25) is 0 Å². The Hall–Kier alpha value is -3.12. The molecule has 3 aliphatic carbocycles. The van der Waals surface area contributed by atoms with Crippen molar-refractivity contribution < 1.29 is 0 Å². The van der Waals surface area contributed by atoms with Gasteiger partial charge in [0.2, 0.25) is 0 Å². The molecule has 1 unspecified atom stereocenters. The van der Waals surface area contributed by atoms with Crippen LogP contribution in [0.5, 0.6) is 0 Å². The summed E-state index contributed by atoms with van der Waals surface area (Å²) < 4.78 is 0. The van der Waals surface area contributed by atoms with Crippen molar-refractivity contribution >= 4 is 5.57 Å². The van der Waals surface area contributed by atoms with E-state index in [1.807, 2.05) is 0 Å². The van der Waals surface area contributed by atoms with Crippen LogP contribution in [0.15, 0.2) is 102 Å². The molecule has 0 heteroatoms. The fourth-order valence-corrected chi connectivity index (χ4v) is 10.7. The van der Waals surface area contributed by atoms with Crippen molar-refractivity contribution in [2.75, 3.05) is 0 Å². The molecule has 5 rings (SSSR count). The Kier molecular flexibility index (Phi) is 9.29. The molecule has 0 aromatic heterocycles. The van der Waals surface area contributed by atoms with Crippen molar-refractivity contribution in [2.45, 2.75) is 121 Å². The maximum Gasteiger partial charge on any atom is 0.0194 e. The molecule has 2 aromatic carbocycles. The lowest BCUT2D eigenvalue weighted by molar-refractivity contribution is 0.0543. The second-order valence-corrected chi connectivity index (χ2v) is 17.1. The van der Waals surface area contributed by atoms with E-state index in [1.165, 1.54) is 66.8 Å². The molecule has 0 radical (unpaired) electrons. The molecule has 47 heavy (non-hydrogen) atoms. The van der Waals surface area contributed by atoms with Crippen LogP contribution in [0.4, 0.5) is 0 Å². The zero-order valence-corrected chi connectivity index (χ0v) is 31.8. The molecule has 0 nitrogen and oxygen atoms in total. The van der Waals surface area contributed by atoms with Crippen LogP contribution < -0.4 is 0 Å². The lowest BCUT2D eigenvalue weighted by atomic mass is 9.41. The van der Waals surface area contributed by atoms with Gasteiger partial charge >= 0.3 is 0 Å². The van der Waals surface area contributed by atoms with Crippen LogP contribution in [0.25, 0.3) is 5.57 Å². The van der Waals surface area contributed by atoms with Gasteiger partial charge in [-0.1, -0.05) is 133 Å². The van der Waals surface area contributed by atoms with Gasteiger partial charge in [0.1, 0.15) is 0 Å². The van der Waals surface area contributed by atoms with Crippen molar-refractivity contribution in [2.24, 2.45) is 28.1 Å². The van der Waals surface area contributed by atoms with E-state index in [0.29, 0.717) is 17.8 Å². The van der Waals surface area contributed by atoms with Crippen LogP contribution in [0, 0.1) is 35.0 Å². The predicted octanol–water partition coefficient (Wildman–Crippen LogP) is 13.3. The molecule has 4 atom stereocenters. The third-order valence-electron chi connectivity index (χ3n) is 13.1. The minimum absolute atomic E-state index is 0.0392. The van der Waals surface area contributed by atoms with E-state index in [-0.39, 0.29) is 16.2 Å². The van der Waals surface area contributed by atoms with E-state index >= 15 is 0 Å². The standard InChI is InChI=1S/C47H62/c1-28(2)39(23-37-19-17-16-18-20-37)31(7)21-22-38-24-40(29(3)4)41-26-45(13)27-46(14)25-32(8)42(30(5)6)35(11)47(46,15)36(12)44(45)34(10)43(41)33(38)9/h16-20,24,28-29,39H,5,7,10-11,21-23,25-27H2,1-4,6,8-9,12-15H3/t39?,45-,46+,47-/m1/s1. The van der Waals surface area contributed by atoms with Crippen LogP contribution in [0.1, 0.15) is 128 Å². The number of allylic oxidation sites excluding steroid dienone is 8. The summed E-state index contributed by atoms with van der Waals surface area (Å²) in [5, 5.41) is 0. The fourth-order valence-electron chi connectivity index (χ4n) is 10.7. The maximum absolute atomic E-state index is 4.98. The molecule has 0 N–H and O–H groups in total. The van der Waals surface area contributed by atoms with Crippen LogP contribution in [0.3, 0.4) is 0 Å². The van der Waals surface area contributed by atoms with E-state index in [9.17, 15) is 0 Å². The van der Waals surface area contributed by atoms with Crippen molar-refractivity contribution in [3.63, 3.8) is 0 Å². The highest BCUT2D eigenvalue weighted by molar-refractivity contribution is 5.87. The van der Waals surface area contributed by atoms with Gasteiger partial charge in [-0.2, -0.15) is 0 Å². The summed E-state index contributed by atoms with van der Waals surface area (Å²) in [6.45, 7) is 45.1. The zero-order chi connectivity index (χ0) is 34.8. The van der Waals surface area contributed by atoms with Gasteiger partial charge in [-0.05, 0) is 150 Å². The largest absolute Gasteiger partial charge is 0.0995 e. The lowest BCUT2D eigenvalue weighted by Crippen LogP contribution is -2.52. The highest BCUT2D eigenvalue weighted by Crippen LogP contribution is 2.70. The SMILES string of the molecule is C=C(C)C1=C(C)C[C@@]2(C)C[C@@]3(C)Cc4c(C(C)C)cc(CCC(=C)C(Cc5ccccc5)C(C)C)c(C)c4C(=C)C3=C(C)[C@@]2(C)C1=C. The Morgan fingerprint density at radius 3 is 2.13 bits per heavy atom. The van der Waals surface area contributed by atoms with Gasteiger partial charge in [-0.3, -0.25) is 0 Å². The topological polar surface area (TPSA) is 0 Å². The average molecular weight is 627 g/mol. The Morgan fingerprint density at radius 2 is 1.55 bits per heavy atom. The molecular weight excluding hydrogens is 565 g/mol. The fraction of sp³-hybridized carbons (Fsp3) is 0.489. The lowest BCUT2D eigenvalue weighted by Gasteiger charge is -2.62. The summed E-state index contributed by atoms with van der Waals surface area (Å²) in [6.07, 6.45) is 6.41. The van der Waals surface area contributed by atoms with Gasteiger partial charge in [0, 0.05) is 5.41 Å². The third kappa shape index (κ3) is 5.62. The second kappa shape index (κ2) is 12.4. The maximum atomic E-state index is 4.98.